The quantitative estimate of drug-likeness (QED) is 0.173. The Morgan fingerprint density at radius 1 is 0.579 bits per heavy atom. The second-order valence-electron chi connectivity index (χ2n) is 16.0. The first-order valence-electron chi connectivity index (χ1n) is 20.2. The van der Waals surface area contributed by atoms with Gasteiger partial charge in [0.25, 0.3) is 0 Å². The van der Waals surface area contributed by atoms with Gasteiger partial charge in [0.15, 0.2) is 0 Å². The average molecular weight is 746 g/mol. The molecule has 12 rings (SSSR count). The van der Waals surface area contributed by atoms with Gasteiger partial charge in [0.05, 0.1) is 11.4 Å². The normalized spacial score (nSPS) is 16.5. The summed E-state index contributed by atoms with van der Waals surface area (Å²) in [4.78, 5) is 3.93. The number of para-hydroxylation sites is 1. The SMILES string of the molecule is CC1=CC2=C(C=C3/C(=C/c4c2ccc2c5c(sc42)C=CC=CC5)Cc2cc(N(c4ccccc4-c4ccccc4)c4cccc5c4Cc4ccccc4-5)ccc23)C1. The van der Waals surface area contributed by atoms with Crippen LogP contribution in [0.5, 0.6) is 0 Å². The van der Waals surface area contributed by atoms with E-state index in [0.717, 1.165) is 25.7 Å². The molecule has 0 amide bonds. The lowest BCUT2D eigenvalue weighted by Gasteiger charge is -2.30. The highest BCUT2D eigenvalue weighted by molar-refractivity contribution is 7.20. The van der Waals surface area contributed by atoms with Crippen LogP contribution in [0, 0.1) is 0 Å². The fraction of sp³-hybridized carbons (Fsp3) is 0.0909. The van der Waals surface area contributed by atoms with Crippen molar-refractivity contribution >= 4 is 61.8 Å². The van der Waals surface area contributed by atoms with Crippen molar-refractivity contribution in [3.05, 3.63) is 218 Å². The zero-order valence-electron chi connectivity index (χ0n) is 31.8. The molecule has 0 saturated carbocycles. The molecule has 0 aliphatic heterocycles. The fourth-order valence-electron chi connectivity index (χ4n) is 10.1. The first kappa shape index (κ1) is 32.7. The molecule has 2 heteroatoms. The molecule has 0 bridgehead atoms. The monoisotopic (exact) mass is 745 g/mol. The van der Waals surface area contributed by atoms with Crippen molar-refractivity contribution in [1.29, 1.82) is 0 Å². The van der Waals surface area contributed by atoms with Gasteiger partial charge in [-0.1, -0.05) is 133 Å². The number of fused-ring (bicyclic) bond motifs is 12. The van der Waals surface area contributed by atoms with E-state index in [1.807, 2.05) is 11.3 Å². The maximum absolute atomic E-state index is 2.55. The minimum absolute atomic E-state index is 0.903. The van der Waals surface area contributed by atoms with Crippen molar-refractivity contribution in [1.82, 2.24) is 0 Å². The Hall–Kier alpha value is -6.48. The summed E-state index contributed by atoms with van der Waals surface area (Å²) in [6.07, 6.45) is 20.3. The maximum Gasteiger partial charge on any atom is 0.0540 e. The summed E-state index contributed by atoms with van der Waals surface area (Å²) in [5.74, 6) is 0. The molecular formula is C55H39NS. The van der Waals surface area contributed by atoms with Crippen molar-refractivity contribution in [3.8, 4) is 22.3 Å². The average Bonchev–Trinajstić information content (AvgIpc) is 3.95. The highest BCUT2D eigenvalue weighted by Gasteiger charge is 2.31. The van der Waals surface area contributed by atoms with Gasteiger partial charge in [-0.3, -0.25) is 0 Å². The fourth-order valence-corrected chi connectivity index (χ4v) is 11.3. The number of benzene rings is 6. The highest BCUT2D eigenvalue weighted by Crippen LogP contribution is 2.51. The molecular weight excluding hydrogens is 707 g/mol. The van der Waals surface area contributed by atoms with Crippen molar-refractivity contribution in [2.24, 2.45) is 0 Å². The molecule has 1 nitrogen and oxygen atoms in total. The molecule has 0 radical (unpaired) electrons. The minimum atomic E-state index is 0.903. The first-order valence-corrected chi connectivity index (χ1v) is 21.0. The molecule has 1 aromatic heterocycles. The number of hydrogen-bond donors (Lipinski definition) is 0. The molecule has 57 heavy (non-hydrogen) atoms. The molecule has 5 aliphatic rings. The Balaban J connectivity index is 1.05. The lowest BCUT2D eigenvalue weighted by molar-refractivity contribution is 1.19. The van der Waals surface area contributed by atoms with Gasteiger partial charge in [0.1, 0.15) is 0 Å². The number of nitrogens with zero attached hydrogens (tertiary/aromatic N) is 1. The number of thiophene rings is 1. The maximum atomic E-state index is 2.55. The van der Waals surface area contributed by atoms with Crippen molar-refractivity contribution in [3.63, 3.8) is 0 Å². The summed E-state index contributed by atoms with van der Waals surface area (Å²) >= 11 is 1.96. The van der Waals surface area contributed by atoms with E-state index in [1.54, 1.807) is 0 Å². The number of rotatable bonds is 4. The van der Waals surface area contributed by atoms with Crippen LogP contribution in [-0.2, 0) is 19.3 Å². The molecule has 0 saturated heterocycles. The van der Waals surface area contributed by atoms with E-state index >= 15 is 0 Å². The van der Waals surface area contributed by atoms with Gasteiger partial charge in [0.2, 0.25) is 0 Å². The molecule has 7 aromatic rings. The predicted octanol–water partition coefficient (Wildman–Crippen LogP) is 14.9. The van der Waals surface area contributed by atoms with Gasteiger partial charge < -0.3 is 4.90 Å². The predicted molar refractivity (Wildman–Crippen MR) is 243 cm³/mol. The summed E-state index contributed by atoms with van der Waals surface area (Å²) in [5, 5.41) is 1.40. The Bertz CT molecular complexity index is 3070. The van der Waals surface area contributed by atoms with E-state index in [-0.39, 0.29) is 0 Å². The molecule has 0 unspecified atom stereocenters. The van der Waals surface area contributed by atoms with E-state index in [1.165, 1.54) is 121 Å². The molecule has 270 valence electrons. The zero-order chi connectivity index (χ0) is 37.6. The van der Waals surface area contributed by atoms with Gasteiger partial charge in [-0.05, 0) is 146 Å². The first-order chi connectivity index (χ1) is 28.2. The molecule has 0 N–H and O–H groups in total. The lowest BCUT2D eigenvalue weighted by Crippen LogP contribution is -2.13. The minimum Gasteiger partial charge on any atom is -0.310 e. The smallest absolute Gasteiger partial charge is 0.0540 e. The lowest BCUT2D eigenvalue weighted by atomic mass is 9.89. The Labute approximate surface area is 338 Å². The Morgan fingerprint density at radius 3 is 2.32 bits per heavy atom. The van der Waals surface area contributed by atoms with Crippen molar-refractivity contribution in [2.45, 2.75) is 32.6 Å². The van der Waals surface area contributed by atoms with Crippen LogP contribution < -0.4 is 4.90 Å². The van der Waals surface area contributed by atoms with Gasteiger partial charge in [-0.15, -0.1) is 11.3 Å². The van der Waals surface area contributed by atoms with Crippen LogP contribution in [-0.4, -0.2) is 0 Å². The van der Waals surface area contributed by atoms with Gasteiger partial charge in [-0.25, -0.2) is 0 Å². The van der Waals surface area contributed by atoms with Crippen molar-refractivity contribution in [2.75, 3.05) is 4.90 Å². The van der Waals surface area contributed by atoms with Crippen LogP contribution in [0.3, 0.4) is 0 Å². The second kappa shape index (κ2) is 12.8. The summed E-state index contributed by atoms with van der Waals surface area (Å²) in [6.45, 7) is 2.29. The second-order valence-corrected chi connectivity index (χ2v) is 17.1. The van der Waals surface area contributed by atoms with Crippen molar-refractivity contribution < 1.29 is 0 Å². The third-order valence-electron chi connectivity index (χ3n) is 12.6. The Morgan fingerprint density at radius 2 is 1.39 bits per heavy atom. The van der Waals surface area contributed by atoms with Gasteiger partial charge in [-0.2, -0.15) is 0 Å². The summed E-state index contributed by atoms with van der Waals surface area (Å²) < 4.78 is 1.41. The molecule has 0 atom stereocenters. The van der Waals surface area contributed by atoms with Crippen LogP contribution >= 0.6 is 11.3 Å². The van der Waals surface area contributed by atoms with Crippen LogP contribution in [0.15, 0.2) is 174 Å². The van der Waals surface area contributed by atoms with Crippen LogP contribution in [0.1, 0.15) is 57.2 Å². The molecule has 0 spiro atoms. The highest BCUT2D eigenvalue weighted by atomic mass is 32.1. The number of allylic oxidation sites excluding steroid dienone is 10. The van der Waals surface area contributed by atoms with Crippen LogP contribution in [0.2, 0.25) is 0 Å². The van der Waals surface area contributed by atoms with Gasteiger partial charge in [0, 0.05) is 32.8 Å². The van der Waals surface area contributed by atoms with E-state index in [4.69, 9.17) is 0 Å². The Kier molecular flexibility index (Phi) is 7.34. The van der Waals surface area contributed by atoms with E-state index < -0.39 is 0 Å². The molecule has 0 fully saturated rings. The van der Waals surface area contributed by atoms with E-state index in [0.29, 0.717) is 0 Å². The van der Waals surface area contributed by atoms with Gasteiger partial charge >= 0.3 is 0 Å². The largest absolute Gasteiger partial charge is 0.310 e. The molecule has 6 aromatic carbocycles. The number of hydrogen-bond acceptors (Lipinski definition) is 2. The standard InChI is InChI=1S/C55H39NS/c1-34-27-37-32-49-39(33-51-45(48(37)28-34)25-26-47-46-18-6-3-7-22-54(46)57-55(47)51)29-38-30-40(23-24-42(38)49)56(52-20-11-10-17-43(52)35-13-4-2-5-14-35)53-21-12-19-44-41-16-9-8-15-36(41)31-50(44)53/h2-17,19-26,28,30,32-33H,18,27,29,31H2,1H3/b37-32?,39-33+,48-45?,49-32?,51-33?. The summed E-state index contributed by atoms with van der Waals surface area (Å²) in [7, 11) is 0. The molecule has 1 heterocycles. The topological polar surface area (TPSA) is 3.24 Å². The third-order valence-corrected chi connectivity index (χ3v) is 13.9. The van der Waals surface area contributed by atoms with E-state index in [2.05, 4.69) is 182 Å². The number of anilines is 3. The summed E-state index contributed by atoms with van der Waals surface area (Å²) in [5.41, 5.74) is 25.5. The van der Waals surface area contributed by atoms with Crippen LogP contribution in [0.4, 0.5) is 17.1 Å². The van der Waals surface area contributed by atoms with E-state index in [9.17, 15) is 0 Å². The van der Waals surface area contributed by atoms with Crippen LogP contribution in [0.25, 0.3) is 55.6 Å². The third kappa shape index (κ3) is 5.14. The zero-order valence-corrected chi connectivity index (χ0v) is 32.7. The molecule has 5 aliphatic carbocycles. The summed E-state index contributed by atoms with van der Waals surface area (Å²) in [6, 6.07) is 47.7.